The lowest BCUT2D eigenvalue weighted by atomic mass is 10.2. The summed E-state index contributed by atoms with van der Waals surface area (Å²) in [4.78, 5) is 0.0740. The molecule has 0 amide bonds. The molecule has 1 aliphatic rings. The summed E-state index contributed by atoms with van der Waals surface area (Å²) in [6, 6.07) is 5.76. The summed E-state index contributed by atoms with van der Waals surface area (Å²) in [5.41, 5.74) is 1.68. The largest absolute Gasteiger partial charge is 0.495 e. The van der Waals surface area contributed by atoms with Crippen LogP contribution in [0.15, 0.2) is 43.0 Å². The van der Waals surface area contributed by atoms with Gasteiger partial charge in [0.2, 0.25) is 20.0 Å². The highest BCUT2D eigenvalue weighted by Gasteiger charge is 2.40. The molecule has 33 heavy (non-hydrogen) atoms. The van der Waals surface area contributed by atoms with E-state index in [0.29, 0.717) is 8.95 Å². The second-order valence-corrected chi connectivity index (χ2v) is 13.3. The SMILES string of the molecule is COc1cc(C)c(Br)cc1S(=O)(=O)N1CCN(S(=O)(=O)c2cc(Br)c(C)cc2OC)[C@@H](C)C1. The molecule has 0 aliphatic carbocycles. The zero-order valence-corrected chi connectivity index (χ0v) is 23.7. The number of hydrogen-bond acceptors (Lipinski definition) is 6. The maximum absolute atomic E-state index is 13.5. The molecule has 1 saturated heterocycles. The van der Waals surface area contributed by atoms with E-state index in [4.69, 9.17) is 9.47 Å². The van der Waals surface area contributed by atoms with Crippen LogP contribution in [0.4, 0.5) is 0 Å². The lowest BCUT2D eigenvalue weighted by Gasteiger charge is -2.38. The smallest absolute Gasteiger partial charge is 0.247 e. The number of aryl methyl sites for hydroxylation is 2. The number of piperazine rings is 1. The predicted octanol–water partition coefficient (Wildman–Crippen LogP) is 3.93. The summed E-state index contributed by atoms with van der Waals surface area (Å²) < 4.78 is 68.3. The zero-order valence-electron chi connectivity index (χ0n) is 18.9. The number of ether oxygens (including phenoxy) is 2. The normalized spacial score (nSPS) is 18.3. The number of methoxy groups -OCH3 is 2. The summed E-state index contributed by atoms with van der Waals surface area (Å²) in [5.74, 6) is 0.486. The van der Waals surface area contributed by atoms with Crippen molar-refractivity contribution in [2.24, 2.45) is 0 Å². The second kappa shape index (κ2) is 9.82. The quantitative estimate of drug-likeness (QED) is 0.483. The Balaban J connectivity index is 1.93. The van der Waals surface area contributed by atoms with Gasteiger partial charge in [0.1, 0.15) is 21.3 Å². The van der Waals surface area contributed by atoms with Crippen molar-refractivity contribution >= 4 is 51.9 Å². The Kier molecular flexibility index (Phi) is 7.87. The topological polar surface area (TPSA) is 93.2 Å². The van der Waals surface area contributed by atoms with Gasteiger partial charge in [-0.05, 0) is 56.2 Å². The Morgan fingerprint density at radius 2 is 1.27 bits per heavy atom. The minimum Gasteiger partial charge on any atom is -0.495 e. The van der Waals surface area contributed by atoms with E-state index in [9.17, 15) is 16.8 Å². The van der Waals surface area contributed by atoms with Gasteiger partial charge in [0, 0.05) is 34.6 Å². The molecule has 12 heteroatoms. The fourth-order valence-corrected chi connectivity index (χ4v) is 8.19. The summed E-state index contributed by atoms with van der Waals surface area (Å²) >= 11 is 6.77. The Bertz CT molecular complexity index is 1280. The minimum absolute atomic E-state index is 0.00552. The third-order valence-corrected chi connectivity index (χ3v) is 11.3. The van der Waals surface area contributed by atoms with Crippen LogP contribution in [0.2, 0.25) is 0 Å². The number of hydrogen-bond donors (Lipinski definition) is 0. The standard InChI is InChI=1S/C21H26Br2N2O6S2/c1-13-8-18(30-4)20(10-16(13)22)32(26,27)24-6-7-25(15(3)12-24)33(28,29)21-11-17(23)14(2)9-19(21)31-5/h8-11,15H,6-7,12H2,1-5H3/t15-/m0/s1. The van der Waals surface area contributed by atoms with Crippen molar-refractivity contribution in [1.82, 2.24) is 8.61 Å². The lowest BCUT2D eigenvalue weighted by Crippen LogP contribution is -2.55. The van der Waals surface area contributed by atoms with Gasteiger partial charge in [0.15, 0.2) is 0 Å². The van der Waals surface area contributed by atoms with Gasteiger partial charge in [0.05, 0.1) is 14.2 Å². The van der Waals surface area contributed by atoms with Gasteiger partial charge in [-0.3, -0.25) is 0 Å². The van der Waals surface area contributed by atoms with Crippen LogP contribution >= 0.6 is 31.9 Å². The zero-order chi connectivity index (χ0) is 24.7. The lowest BCUT2D eigenvalue weighted by molar-refractivity contribution is 0.212. The average Bonchev–Trinajstić information content (AvgIpc) is 2.76. The molecule has 0 aromatic heterocycles. The van der Waals surface area contributed by atoms with Crippen molar-refractivity contribution in [2.75, 3.05) is 33.9 Å². The molecule has 2 aromatic rings. The third kappa shape index (κ3) is 4.96. The number of sulfonamides is 2. The van der Waals surface area contributed by atoms with Crippen LogP contribution < -0.4 is 9.47 Å². The van der Waals surface area contributed by atoms with Crippen molar-refractivity contribution in [2.45, 2.75) is 36.6 Å². The highest BCUT2D eigenvalue weighted by Crippen LogP contribution is 2.36. The van der Waals surface area contributed by atoms with Gasteiger partial charge in [-0.25, -0.2) is 16.8 Å². The predicted molar refractivity (Wildman–Crippen MR) is 133 cm³/mol. The molecule has 8 nitrogen and oxygen atoms in total. The van der Waals surface area contributed by atoms with E-state index in [-0.39, 0.29) is 40.9 Å². The van der Waals surface area contributed by atoms with E-state index in [2.05, 4.69) is 31.9 Å². The number of nitrogens with zero attached hydrogens (tertiary/aromatic N) is 2. The first kappa shape index (κ1) is 26.4. The Morgan fingerprint density at radius 3 is 1.70 bits per heavy atom. The van der Waals surface area contributed by atoms with Crippen molar-refractivity contribution in [3.05, 3.63) is 44.3 Å². The van der Waals surface area contributed by atoms with Crippen LogP contribution in [0, 0.1) is 13.8 Å². The van der Waals surface area contributed by atoms with Crippen LogP contribution in [-0.4, -0.2) is 65.3 Å². The minimum atomic E-state index is -3.93. The summed E-state index contributed by atoms with van der Waals surface area (Å²) in [6.07, 6.45) is 0. The Morgan fingerprint density at radius 1 is 0.818 bits per heavy atom. The molecule has 0 radical (unpaired) electrons. The monoisotopic (exact) mass is 624 g/mol. The molecular weight excluding hydrogens is 600 g/mol. The highest BCUT2D eigenvalue weighted by atomic mass is 79.9. The van der Waals surface area contributed by atoms with E-state index in [1.165, 1.54) is 35.0 Å². The molecule has 0 bridgehead atoms. The first-order valence-corrected chi connectivity index (χ1v) is 14.5. The summed E-state index contributed by atoms with van der Waals surface area (Å²) in [6.45, 7) is 5.39. The molecule has 182 valence electrons. The van der Waals surface area contributed by atoms with E-state index >= 15 is 0 Å². The molecular formula is C21H26Br2N2O6S2. The molecule has 0 N–H and O–H groups in total. The molecule has 1 fully saturated rings. The van der Waals surface area contributed by atoms with E-state index in [1.54, 1.807) is 19.1 Å². The van der Waals surface area contributed by atoms with Gasteiger partial charge >= 0.3 is 0 Å². The van der Waals surface area contributed by atoms with Crippen molar-refractivity contribution in [3.8, 4) is 11.5 Å². The van der Waals surface area contributed by atoms with E-state index < -0.39 is 26.1 Å². The van der Waals surface area contributed by atoms with Crippen LogP contribution in [0.1, 0.15) is 18.1 Å². The maximum Gasteiger partial charge on any atom is 0.247 e. The Hall–Kier alpha value is -1.18. The molecule has 1 atom stereocenters. The van der Waals surface area contributed by atoms with Crippen LogP contribution in [-0.2, 0) is 20.0 Å². The van der Waals surface area contributed by atoms with Crippen molar-refractivity contribution < 1.29 is 26.3 Å². The molecule has 0 saturated carbocycles. The second-order valence-electron chi connectivity index (χ2n) is 7.83. The first-order valence-electron chi connectivity index (χ1n) is 10.0. The van der Waals surface area contributed by atoms with E-state index in [1.807, 2.05) is 13.8 Å². The molecule has 3 rings (SSSR count). The van der Waals surface area contributed by atoms with Crippen LogP contribution in [0.5, 0.6) is 11.5 Å². The maximum atomic E-state index is 13.5. The number of rotatable bonds is 6. The molecule has 2 aromatic carbocycles. The van der Waals surface area contributed by atoms with Gasteiger partial charge in [-0.2, -0.15) is 8.61 Å². The third-order valence-electron chi connectivity index (χ3n) is 5.62. The molecule has 0 spiro atoms. The molecule has 0 unspecified atom stereocenters. The summed E-state index contributed by atoms with van der Waals surface area (Å²) in [5, 5.41) is 0. The molecule has 1 heterocycles. The fourth-order valence-electron chi connectivity index (χ4n) is 3.74. The van der Waals surface area contributed by atoms with Crippen LogP contribution in [0.25, 0.3) is 0 Å². The van der Waals surface area contributed by atoms with Crippen molar-refractivity contribution in [1.29, 1.82) is 0 Å². The average molecular weight is 626 g/mol. The number of halogens is 2. The van der Waals surface area contributed by atoms with Gasteiger partial charge in [-0.1, -0.05) is 31.9 Å². The molecule has 1 aliphatic heterocycles. The fraction of sp³-hybridized carbons (Fsp3) is 0.429. The van der Waals surface area contributed by atoms with Gasteiger partial charge in [0.25, 0.3) is 0 Å². The van der Waals surface area contributed by atoms with Gasteiger partial charge in [-0.15, -0.1) is 0 Å². The highest BCUT2D eigenvalue weighted by molar-refractivity contribution is 9.10. The van der Waals surface area contributed by atoms with Gasteiger partial charge < -0.3 is 9.47 Å². The Labute approximate surface area is 212 Å². The summed E-state index contributed by atoms with van der Waals surface area (Å²) in [7, 11) is -5.00. The number of benzene rings is 2. The van der Waals surface area contributed by atoms with Crippen LogP contribution in [0.3, 0.4) is 0 Å². The first-order chi connectivity index (χ1) is 15.3. The van der Waals surface area contributed by atoms with E-state index in [0.717, 1.165) is 11.1 Å². The van der Waals surface area contributed by atoms with Crippen molar-refractivity contribution in [3.63, 3.8) is 0 Å².